The summed E-state index contributed by atoms with van der Waals surface area (Å²) in [6, 6.07) is 3.12. The molecule has 1 aliphatic carbocycles. The van der Waals surface area contributed by atoms with Crippen molar-refractivity contribution in [2.75, 3.05) is 0 Å². The zero-order valence-electron chi connectivity index (χ0n) is 11.0. The first kappa shape index (κ1) is 14.1. The molecule has 2 aromatic rings. The SMILES string of the molecule is Fc1ccc(-n2ncc(CNC3CC3)c2C(F)F)c(F)c1. The van der Waals surface area contributed by atoms with Crippen molar-refractivity contribution in [3.8, 4) is 5.69 Å². The molecule has 7 heteroatoms. The van der Waals surface area contributed by atoms with E-state index in [1.54, 1.807) is 0 Å². The van der Waals surface area contributed by atoms with Gasteiger partial charge in [0.25, 0.3) is 6.43 Å². The van der Waals surface area contributed by atoms with Crippen molar-refractivity contribution < 1.29 is 17.6 Å². The maximum absolute atomic E-state index is 13.8. The van der Waals surface area contributed by atoms with Gasteiger partial charge in [0, 0.05) is 24.2 Å². The van der Waals surface area contributed by atoms with E-state index in [-0.39, 0.29) is 17.9 Å². The van der Waals surface area contributed by atoms with Gasteiger partial charge < -0.3 is 5.32 Å². The molecule has 1 heterocycles. The highest BCUT2D eigenvalue weighted by Crippen LogP contribution is 2.28. The zero-order chi connectivity index (χ0) is 15.0. The first-order valence-electron chi connectivity index (χ1n) is 6.60. The molecule has 112 valence electrons. The van der Waals surface area contributed by atoms with E-state index in [1.165, 1.54) is 6.20 Å². The molecule has 0 amide bonds. The van der Waals surface area contributed by atoms with Crippen molar-refractivity contribution in [3.05, 3.63) is 47.3 Å². The first-order chi connectivity index (χ1) is 10.1. The Morgan fingerprint density at radius 3 is 2.67 bits per heavy atom. The van der Waals surface area contributed by atoms with Crippen LogP contribution in [0, 0.1) is 11.6 Å². The van der Waals surface area contributed by atoms with Gasteiger partial charge in [-0.25, -0.2) is 22.2 Å². The molecule has 1 N–H and O–H groups in total. The van der Waals surface area contributed by atoms with Crippen molar-refractivity contribution in [3.63, 3.8) is 0 Å². The summed E-state index contributed by atoms with van der Waals surface area (Å²) in [6.07, 6.45) is 0.558. The van der Waals surface area contributed by atoms with Crippen LogP contribution >= 0.6 is 0 Å². The predicted octanol–water partition coefficient (Wildman–Crippen LogP) is 3.34. The van der Waals surface area contributed by atoms with Gasteiger partial charge in [0.05, 0.1) is 6.20 Å². The number of nitrogens with one attached hydrogen (secondary N) is 1. The number of rotatable bonds is 5. The van der Waals surface area contributed by atoms with Gasteiger partial charge >= 0.3 is 0 Å². The second-order valence-corrected chi connectivity index (χ2v) is 5.02. The van der Waals surface area contributed by atoms with Crippen LogP contribution in [0.2, 0.25) is 0 Å². The lowest BCUT2D eigenvalue weighted by molar-refractivity contribution is 0.141. The number of halogens is 4. The molecule has 0 spiro atoms. The lowest BCUT2D eigenvalue weighted by Crippen LogP contribution is -2.16. The summed E-state index contributed by atoms with van der Waals surface area (Å²) >= 11 is 0. The zero-order valence-corrected chi connectivity index (χ0v) is 11.0. The molecule has 1 saturated carbocycles. The van der Waals surface area contributed by atoms with Gasteiger partial charge in [-0.1, -0.05) is 0 Å². The molecule has 0 atom stereocenters. The minimum Gasteiger partial charge on any atom is -0.310 e. The Morgan fingerprint density at radius 2 is 2.05 bits per heavy atom. The van der Waals surface area contributed by atoms with E-state index in [1.807, 2.05) is 0 Å². The highest BCUT2D eigenvalue weighted by Gasteiger charge is 2.25. The molecule has 1 aromatic heterocycles. The van der Waals surface area contributed by atoms with Crippen LogP contribution in [0.3, 0.4) is 0 Å². The van der Waals surface area contributed by atoms with Crippen LogP contribution < -0.4 is 5.32 Å². The number of aromatic nitrogens is 2. The maximum Gasteiger partial charge on any atom is 0.280 e. The average Bonchev–Trinajstić information content (AvgIpc) is 3.15. The summed E-state index contributed by atoms with van der Waals surface area (Å²) in [6.45, 7) is 0.257. The molecule has 1 aromatic carbocycles. The third-order valence-corrected chi connectivity index (χ3v) is 3.39. The summed E-state index contributed by atoms with van der Waals surface area (Å²) < 4.78 is 54.1. The van der Waals surface area contributed by atoms with E-state index in [9.17, 15) is 17.6 Å². The van der Waals surface area contributed by atoms with E-state index in [0.717, 1.165) is 29.7 Å². The largest absolute Gasteiger partial charge is 0.310 e. The quantitative estimate of drug-likeness (QED) is 0.858. The molecule has 21 heavy (non-hydrogen) atoms. The Kier molecular flexibility index (Phi) is 3.67. The van der Waals surface area contributed by atoms with E-state index in [2.05, 4.69) is 10.4 Å². The second-order valence-electron chi connectivity index (χ2n) is 5.02. The third-order valence-electron chi connectivity index (χ3n) is 3.39. The van der Waals surface area contributed by atoms with E-state index in [4.69, 9.17) is 0 Å². The fourth-order valence-electron chi connectivity index (χ4n) is 2.15. The monoisotopic (exact) mass is 299 g/mol. The molecule has 0 bridgehead atoms. The molecule has 0 aliphatic heterocycles. The minimum absolute atomic E-state index is 0.190. The highest BCUT2D eigenvalue weighted by molar-refractivity contribution is 5.37. The number of hydrogen-bond donors (Lipinski definition) is 1. The van der Waals surface area contributed by atoms with E-state index < -0.39 is 18.1 Å². The molecule has 1 fully saturated rings. The van der Waals surface area contributed by atoms with E-state index >= 15 is 0 Å². The van der Waals surface area contributed by atoms with Crippen molar-refractivity contribution in [1.82, 2.24) is 15.1 Å². The Bertz CT molecular complexity index is 650. The van der Waals surface area contributed by atoms with Gasteiger partial charge in [0.1, 0.15) is 17.2 Å². The van der Waals surface area contributed by atoms with Gasteiger partial charge in [-0.05, 0) is 25.0 Å². The molecule has 3 rings (SSSR count). The van der Waals surface area contributed by atoms with Gasteiger partial charge in [0.15, 0.2) is 5.82 Å². The van der Waals surface area contributed by atoms with Gasteiger partial charge in [-0.15, -0.1) is 0 Å². The maximum atomic E-state index is 13.8. The number of hydrogen-bond acceptors (Lipinski definition) is 2. The Hall–Kier alpha value is -1.89. The van der Waals surface area contributed by atoms with Crippen molar-refractivity contribution in [2.45, 2.75) is 31.9 Å². The molecule has 1 aliphatic rings. The number of alkyl halides is 2. The van der Waals surface area contributed by atoms with Crippen LogP contribution in [-0.4, -0.2) is 15.8 Å². The Balaban J connectivity index is 1.96. The van der Waals surface area contributed by atoms with Gasteiger partial charge in [-0.3, -0.25) is 0 Å². The van der Waals surface area contributed by atoms with Crippen molar-refractivity contribution >= 4 is 0 Å². The minimum atomic E-state index is -2.80. The normalized spacial score (nSPS) is 14.9. The summed E-state index contributed by atoms with van der Waals surface area (Å²) in [7, 11) is 0. The lowest BCUT2D eigenvalue weighted by Gasteiger charge is -2.10. The fourth-order valence-corrected chi connectivity index (χ4v) is 2.15. The van der Waals surface area contributed by atoms with Crippen LogP contribution in [0.15, 0.2) is 24.4 Å². The van der Waals surface area contributed by atoms with Crippen LogP contribution in [0.1, 0.15) is 30.5 Å². The molecular weight excluding hydrogens is 286 g/mol. The molecule has 0 radical (unpaired) electrons. The standard InChI is InChI=1S/C14H13F4N3/c15-9-1-4-12(11(16)5-9)21-13(14(17)18)8(7-20-21)6-19-10-2-3-10/h1,4-5,7,10,14,19H,2-3,6H2. The summed E-state index contributed by atoms with van der Waals surface area (Å²) in [4.78, 5) is 0. The third kappa shape index (κ3) is 2.92. The van der Waals surface area contributed by atoms with Gasteiger partial charge in [0.2, 0.25) is 0 Å². The lowest BCUT2D eigenvalue weighted by atomic mass is 10.2. The molecule has 3 nitrogen and oxygen atoms in total. The second kappa shape index (κ2) is 5.48. The summed E-state index contributed by atoms with van der Waals surface area (Å²) in [5.74, 6) is -1.70. The highest BCUT2D eigenvalue weighted by atomic mass is 19.3. The first-order valence-corrected chi connectivity index (χ1v) is 6.60. The predicted molar refractivity (Wildman–Crippen MR) is 68.3 cm³/mol. The Morgan fingerprint density at radius 1 is 1.29 bits per heavy atom. The van der Waals surface area contributed by atoms with Crippen molar-refractivity contribution in [1.29, 1.82) is 0 Å². The average molecular weight is 299 g/mol. The Labute approximate surface area is 118 Å². The number of nitrogens with zero attached hydrogens (tertiary/aromatic N) is 2. The molecule has 0 unspecified atom stereocenters. The summed E-state index contributed by atoms with van der Waals surface area (Å²) in [5.41, 5.74) is -0.237. The smallest absolute Gasteiger partial charge is 0.280 e. The van der Waals surface area contributed by atoms with Crippen molar-refractivity contribution in [2.24, 2.45) is 0 Å². The molecular formula is C14H13F4N3. The van der Waals surface area contributed by atoms with Gasteiger partial charge in [-0.2, -0.15) is 5.10 Å². The fraction of sp³-hybridized carbons (Fsp3) is 0.357. The molecule has 0 saturated heterocycles. The van der Waals surface area contributed by atoms with Crippen LogP contribution in [0.4, 0.5) is 17.6 Å². The van der Waals surface area contributed by atoms with Crippen LogP contribution in [0.25, 0.3) is 5.69 Å². The van der Waals surface area contributed by atoms with E-state index in [0.29, 0.717) is 17.7 Å². The number of benzene rings is 1. The topological polar surface area (TPSA) is 29.9 Å². The van der Waals surface area contributed by atoms with Crippen LogP contribution in [0.5, 0.6) is 0 Å². The summed E-state index contributed by atoms with van der Waals surface area (Å²) in [5, 5.41) is 6.95. The van der Waals surface area contributed by atoms with Crippen LogP contribution in [-0.2, 0) is 6.54 Å².